The SMILES string of the molecule is CC(C)(C)S(=O)(=O)Cc1cccc(NC(=O)CCC2CCNC2)c1.Cl. The highest BCUT2D eigenvalue weighted by Crippen LogP contribution is 2.22. The Morgan fingerprint density at radius 2 is 2.04 bits per heavy atom. The van der Waals surface area contributed by atoms with Gasteiger partial charge in [-0.15, -0.1) is 12.4 Å². The monoisotopic (exact) mass is 388 g/mol. The van der Waals surface area contributed by atoms with Crippen LogP contribution in [-0.2, 0) is 20.4 Å². The number of sulfone groups is 1. The van der Waals surface area contributed by atoms with Crippen LogP contribution in [0.3, 0.4) is 0 Å². The molecule has 25 heavy (non-hydrogen) atoms. The number of hydrogen-bond donors (Lipinski definition) is 2. The number of halogens is 1. The van der Waals surface area contributed by atoms with Crippen molar-refractivity contribution in [3.05, 3.63) is 29.8 Å². The minimum Gasteiger partial charge on any atom is -0.326 e. The average molecular weight is 389 g/mol. The molecule has 1 saturated heterocycles. The molecule has 1 atom stereocenters. The topological polar surface area (TPSA) is 75.3 Å². The molecule has 1 amide bonds. The Labute approximate surface area is 157 Å². The van der Waals surface area contributed by atoms with Gasteiger partial charge in [-0.05, 0) is 70.3 Å². The third kappa shape index (κ3) is 6.60. The number of anilines is 1. The first-order valence-electron chi connectivity index (χ1n) is 8.49. The molecule has 1 heterocycles. The minimum atomic E-state index is -3.24. The number of rotatable bonds is 6. The van der Waals surface area contributed by atoms with Gasteiger partial charge in [0.15, 0.2) is 9.84 Å². The molecule has 0 aromatic heterocycles. The van der Waals surface area contributed by atoms with Gasteiger partial charge in [0.05, 0.1) is 10.5 Å². The predicted molar refractivity (Wildman–Crippen MR) is 105 cm³/mol. The van der Waals surface area contributed by atoms with Crippen LogP contribution in [0.2, 0.25) is 0 Å². The van der Waals surface area contributed by atoms with Crippen molar-refractivity contribution in [2.24, 2.45) is 5.92 Å². The van der Waals surface area contributed by atoms with Crippen LogP contribution < -0.4 is 10.6 Å². The molecule has 1 unspecified atom stereocenters. The van der Waals surface area contributed by atoms with Crippen LogP contribution in [0, 0.1) is 5.92 Å². The van der Waals surface area contributed by atoms with Gasteiger partial charge >= 0.3 is 0 Å². The second-order valence-corrected chi connectivity index (χ2v) is 10.3. The molecule has 0 spiro atoms. The molecule has 1 aromatic carbocycles. The summed E-state index contributed by atoms with van der Waals surface area (Å²) in [4.78, 5) is 12.1. The third-order valence-electron chi connectivity index (χ3n) is 4.44. The summed E-state index contributed by atoms with van der Waals surface area (Å²) in [5.41, 5.74) is 1.36. The Balaban J connectivity index is 0.00000312. The molecular formula is C18H29ClN2O3S. The standard InChI is InChI=1S/C18H28N2O3S.ClH/c1-18(2,3)24(22,23)13-15-5-4-6-16(11-15)20-17(21)8-7-14-9-10-19-12-14;/h4-6,11,14,19H,7-10,12-13H2,1-3H3,(H,20,21);1H. The van der Waals surface area contributed by atoms with E-state index in [0.717, 1.165) is 25.9 Å². The summed E-state index contributed by atoms with van der Waals surface area (Å²) in [5.74, 6) is 0.547. The molecular weight excluding hydrogens is 360 g/mol. The van der Waals surface area contributed by atoms with E-state index in [1.165, 1.54) is 0 Å². The van der Waals surface area contributed by atoms with Gasteiger partial charge in [0.2, 0.25) is 5.91 Å². The van der Waals surface area contributed by atoms with Gasteiger partial charge in [-0.2, -0.15) is 0 Å². The van der Waals surface area contributed by atoms with Crippen LogP contribution in [0.4, 0.5) is 5.69 Å². The fourth-order valence-corrected chi connectivity index (χ4v) is 3.75. The second kappa shape index (κ2) is 9.01. The van der Waals surface area contributed by atoms with E-state index in [4.69, 9.17) is 0 Å². The number of carbonyl (C=O) groups excluding carboxylic acids is 1. The molecule has 0 saturated carbocycles. The highest BCUT2D eigenvalue weighted by molar-refractivity contribution is 7.91. The largest absolute Gasteiger partial charge is 0.326 e. The van der Waals surface area contributed by atoms with E-state index in [1.54, 1.807) is 45.0 Å². The fourth-order valence-electron chi connectivity index (χ4n) is 2.69. The van der Waals surface area contributed by atoms with Gasteiger partial charge in [0, 0.05) is 12.1 Å². The van der Waals surface area contributed by atoms with Crippen molar-refractivity contribution in [3.8, 4) is 0 Å². The van der Waals surface area contributed by atoms with Gasteiger partial charge in [0.25, 0.3) is 0 Å². The summed E-state index contributed by atoms with van der Waals surface area (Å²) >= 11 is 0. The summed E-state index contributed by atoms with van der Waals surface area (Å²) in [7, 11) is -3.24. The van der Waals surface area contributed by atoms with E-state index in [1.807, 2.05) is 0 Å². The predicted octanol–water partition coefficient (Wildman–Crippen LogP) is 3.15. The smallest absolute Gasteiger partial charge is 0.224 e. The number of benzene rings is 1. The Morgan fingerprint density at radius 3 is 2.64 bits per heavy atom. The van der Waals surface area contributed by atoms with E-state index in [9.17, 15) is 13.2 Å². The van der Waals surface area contributed by atoms with Crippen LogP contribution in [0.15, 0.2) is 24.3 Å². The maximum Gasteiger partial charge on any atom is 0.224 e. The summed E-state index contributed by atoms with van der Waals surface area (Å²) in [5, 5.41) is 6.18. The van der Waals surface area contributed by atoms with Crippen molar-refractivity contribution in [1.82, 2.24) is 5.32 Å². The van der Waals surface area contributed by atoms with Gasteiger partial charge in [-0.1, -0.05) is 12.1 Å². The van der Waals surface area contributed by atoms with E-state index in [2.05, 4.69) is 10.6 Å². The molecule has 0 bridgehead atoms. The van der Waals surface area contributed by atoms with Gasteiger partial charge < -0.3 is 10.6 Å². The van der Waals surface area contributed by atoms with Crippen LogP contribution in [-0.4, -0.2) is 32.2 Å². The van der Waals surface area contributed by atoms with Crippen LogP contribution >= 0.6 is 12.4 Å². The first kappa shape index (κ1) is 21.9. The molecule has 5 nitrogen and oxygen atoms in total. The maximum absolute atomic E-state index is 12.3. The van der Waals surface area contributed by atoms with Crippen LogP contribution in [0.25, 0.3) is 0 Å². The quantitative estimate of drug-likeness (QED) is 0.784. The zero-order chi connectivity index (χ0) is 17.8. The zero-order valence-corrected chi connectivity index (χ0v) is 16.8. The molecule has 1 aliphatic heterocycles. The van der Waals surface area contributed by atoms with Crippen molar-refractivity contribution in [3.63, 3.8) is 0 Å². The highest BCUT2D eigenvalue weighted by Gasteiger charge is 2.29. The lowest BCUT2D eigenvalue weighted by atomic mass is 10.0. The van der Waals surface area contributed by atoms with Crippen molar-refractivity contribution in [2.75, 3.05) is 18.4 Å². The van der Waals surface area contributed by atoms with E-state index >= 15 is 0 Å². The molecule has 1 fully saturated rings. The van der Waals surface area contributed by atoms with E-state index in [-0.39, 0.29) is 24.1 Å². The summed E-state index contributed by atoms with van der Waals surface area (Å²) in [6.45, 7) is 7.13. The molecule has 0 radical (unpaired) electrons. The fraction of sp³-hybridized carbons (Fsp3) is 0.611. The number of carbonyl (C=O) groups is 1. The molecule has 2 rings (SSSR count). The normalized spacial score (nSPS) is 17.8. The first-order valence-corrected chi connectivity index (χ1v) is 10.1. The lowest BCUT2D eigenvalue weighted by Gasteiger charge is -2.19. The maximum atomic E-state index is 12.3. The number of amides is 1. The van der Waals surface area contributed by atoms with Crippen molar-refractivity contribution < 1.29 is 13.2 Å². The molecule has 142 valence electrons. The Hall–Kier alpha value is -1.11. The van der Waals surface area contributed by atoms with E-state index < -0.39 is 14.6 Å². The zero-order valence-electron chi connectivity index (χ0n) is 15.2. The van der Waals surface area contributed by atoms with Gasteiger partial charge in [-0.25, -0.2) is 8.42 Å². The number of hydrogen-bond acceptors (Lipinski definition) is 4. The first-order chi connectivity index (χ1) is 11.2. The van der Waals surface area contributed by atoms with Crippen molar-refractivity contribution >= 4 is 33.8 Å². The summed E-state index contributed by atoms with van der Waals surface area (Å²) in [6, 6.07) is 7.10. The molecule has 1 aliphatic rings. The summed E-state index contributed by atoms with van der Waals surface area (Å²) < 4.78 is 23.8. The second-order valence-electron chi connectivity index (χ2n) is 7.52. The Kier molecular flexibility index (Phi) is 7.90. The third-order valence-corrected chi connectivity index (χ3v) is 7.02. The molecule has 2 N–H and O–H groups in total. The lowest BCUT2D eigenvalue weighted by Crippen LogP contribution is -2.29. The van der Waals surface area contributed by atoms with Crippen molar-refractivity contribution in [2.45, 2.75) is 50.5 Å². The molecule has 7 heteroatoms. The van der Waals surface area contributed by atoms with Gasteiger partial charge in [0.1, 0.15) is 0 Å². The van der Waals surface area contributed by atoms with Gasteiger partial charge in [-0.3, -0.25) is 4.79 Å². The van der Waals surface area contributed by atoms with E-state index in [0.29, 0.717) is 23.6 Å². The van der Waals surface area contributed by atoms with Crippen LogP contribution in [0.5, 0.6) is 0 Å². The minimum absolute atomic E-state index is 0. The number of nitrogens with one attached hydrogen (secondary N) is 2. The summed E-state index contributed by atoms with van der Waals surface area (Å²) in [6.07, 6.45) is 2.52. The van der Waals surface area contributed by atoms with Crippen LogP contribution in [0.1, 0.15) is 45.6 Å². The molecule has 1 aromatic rings. The lowest BCUT2D eigenvalue weighted by molar-refractivity contribution is -0.116. The average Bonchev–Trinajstić information content (AvgIpc) is 2.97. The van der Waals surface area contributed by atoms with Crippen molar-refractivity contribution in [1.29, 1.82) is 0 Å². The Bertz CT molecular complexity index is 678. The highest BCUT2D eigenvalue weighted by atomic mass is 35.5. The Morgan fingerprint density at radius 1 is 1.32 bits per heavy atom. The molecule has 0 aliphatic carbocycles.